The zero-order valence-corrected chi connectivity index (χ0v) is 27.9. The third-order valence-electron chi connectivity index (χ3n) is 10.1. The predicted molar refractivity (Wildman–Crippen MR) is 212 cm³/mol. The topological polar surface area (TPSA) is 43.1 Å². The number of hydrogen-bond donors (Lipinski definition) is 0. The molecule has 240 valence electrons. The standard InChI is InChI=1S/C47H32N4/c1-2-12-31(13-3-1)33-26-34(28-35(27-33)51-46-23-9-8-18-39(46)40-24-25-48-30-47(40)51)42-19-10-21-44(49-42)45-22-11-20-43(50-45)41-29-32-14-4-5-15-36(32)37-16-6-7-17-38(37)41/h1-23,26-30H,24-25H2. The quantitative estimate of drug-likeness (QED) is 0.174. The zero-order valence-electron chi connectivity index (χ0n) is 27.9. The number of nitrogens with zero attached hydrogens (tertiary/aromatic N) is 4. The van der Waals surface area contributed by atoms with Gasteiger partial charge in [-0.15, -0.1) is 0 Å². The van der Waals surface area contributed by atoms with Crippen molar-refractivity contribution in [2.24, 2.45) is 4.99 Å². The van der Waals surface area contributed by atoms with Crippen molar-refractivity contribution in [2.45, 2.75) is 6.42 Å². The maximum Gasteiger partial charge on any atom is 0.0893 e. The van der Waals surface area contributed by atoms with E-state index >= 15 is 0 Å². The number of rotatable bonds is 5. The van der Waals surface area contributed by atoms with Gasteiger partial charge in [0.1, 0.15) is 0 Å². The van der Waals surface area contributed by atoms with E-state index in [9.17, 15) is 0 Å². The number of aliphatic imine (C=N–C) groups is 1. The molecule has 0 bridgehead atoms. The number of fused-ring (bicyclic) bond motifs is 6. The van der Waals surface area contributed by atoms with Crippen LogP contribution in [-0.4, -0.2) is 27.3 Å². The molecule has 0 fully saturated rings. The number of aromatic nitrogens is 3. The zero-order chi connectivity index (χ0) is 33.7. The Morgan fingerprint density at radius 2 is 1.10 bits per heavy atom. The van der Waals surface area contributed by atoms with Gasteiger partial charge < -0.3 is 4.57 Å². The van der Waals surface area contributed by atoms with Gasteiger partial charge in [0.05, 0.1) is 34.0 Å². The summed E-state index contributed by atoms with van der Waals surface area (Å²) in [7, 11) is 0. The second-order valence-corrected chi connectivity index (χ2v) is 13.1. The Hall–Kier alpha value is -6.65. The monoisotopic (exact) mass is 652 g/mol. The first-order valence-electron chi connectivity index (χ1n) is 17.5. The van der Waals surface area contributed by atoms with Crippen LogP contribution in [0.15, 0.2) is 169 Å². The van der Waals surface area contributed by atoms with Crippen molar-refractivity contribution < 1.29 is 0 Å². The Bertz CT molecular complexity index is 2810. The Labute approximate surface area is 296 Å². The fraction of sp³-hybridized carbons (Fsp3) is 0.0426. The van der Waals surface area contributed by atoms with Crippen molar-refractivity contribution in [3.63, 3.8) is 0 Å². The van der Waals surface area contributed by atoms with Gasteiger partial charge in [0.2, 0.25) is 0 Å². The Balaban J connectivity index is 1.12. The van der Waals surface area contributed by atoms with Crippen molar-refractivity contribution in [2.75, 3.05) is 6.54 Å². The van der Waals surface area contributed by atoms with Crippen LogP contribution in [0.25, 0.3) is 83.2 Å². The van der Waals surface area contributed by atoms with Gasteiger partial charge in [-0.25, -0.2) is 9.97 Å². The second-order valence-electron chi connectivity index (χ2n) is 13.1. The summed E-state index contributed by atoms with van der Waals surface area (Å²) in [5.41, 5.74) is 12.8. The van der Waals surface area contributed by atoms with Gasteiger partial charge in [-0.2, -0.15) is 0 Å². The molecule has 51 heavy (non-hydrogen) atoms. The summed E-state index contributed by atoms with van der Waals surface area (Å²) >= 11 is 0. The van der Waals surface area contributed by atoms with Crippen LogP contribution in [-0.2, 0) is 6.42 Å². The van der Waals surface area contributed by atoms with E-state index in [4.69, 9.17) is 15.0 Å². The van der Waals surface area contributed by atoms with E-state index in [-0.39, 0.29) is 0 Å². The van der Waals surface area contributed by atoms with Gasteiger partial charge in [0.25, 0.3) is 0 Å². The highest BCUT2D eigenvalue weighted by Gasteiger charge is 2.20. The Kier molecular flexibility index (Phi) is 6.91. The van der Waals surface area contributed by atoms with Gasteiger partial charge in [-0.1, -0.05) is 109 Å². The van der Waals surface area contributed by atoms with E-state index in [1.165, 1.54) is 38.0 Å². The lowest BCUT2D eigenvalue weighted by atomic mass is 9.95. The minimum Gasteiger partial charge on any atom is -0.308 e. The molecule has 0 radical (unpaired) electrons. The largest absolute Gasteiger partial charge is 0.308 e. The van der Waals surface area contributed by atoms with E-state index < -0.39 is 0 Å². The first-order valence-corrected chi connectivity index (χ1v) is 17.5. The number of hydrogen-bond acceptors (Lipinski definition) is 3. The summed E-state index contributed by atoms with van der Waals surface area (Å²) in [5.74, 6) is 0. The predicted octanol–water partition coefficient (Wildman–Crippen LogP) is 11.4. The van der Waals surface area contributed by atoms with Crippen LogP contribution >= 0.6 is 0 Å². The molecule has 0 N–H and O–H groups in total. The molecule has 1 aliphatic heterocycles. The lowest BCUT2D eigenvalue weighted by Crippen LogP contribution is -2.07. The van der Waals surface area contributed by atoms with E-state index in [1.807, 2.05) is 6.21 Å². The minimum absolute atomic E-state index is 0.819. The summed E-state index contributed by atoms with van der Waals surface area (Å²) in [5, 5.41) is 6.17. The summed E-state index contributed by atoms with van der Waals surface area (Å²) in [6, 6.07) is 58.0. The maximum absolute atomic E-state index is 5.27. The van der Waals surface area contributed by atoms with Crippen molar-refractivity contribution in [3.05, 3.63) is 175 Å². The van der Waals surface area contributed by atoms with E-state index in [1.54, 1.807) is 0 Å². The highest BCUT2D eigenvalue weighted by atomic mass is 15.0. The maximum atomic E-state index is 5.27. The van der Waals surface area contributed by atoms with Crippen molar-refractivity contribution in [3.8, 4) is 50.7 Å². The first kappa shape index (κ1) is 29.3. The molecule has 0 unspecified atom stereocenters. The van der Waals surface area contributed by atoms with Crippen LogP contribution in [0.3, 0.4) is 0 Å². The van der Waals surface area contributed by atoms with Crippen molar-refractivity contribution >= 4 is 38.7 Å². The van der Waals surface area contributed by atoms with Crippen LogP contribution in [0.1, 0.15) is 11.3 Å². The summed E-state index contributed by atoms with van der Waals surface area (Å²) < 4.78 is 2.37. The third-order valence-corrected chi connectivity index (χ3v) is 10.1. The summed E-state index contributed by atoms with van der Waals surface area (Å²) in [6.07, 6.45) is 2.99. The van der Waals surface area contributed by atoms with Gasteiger partial charge >= 0.3 is 0 Å². The molecule has 0 amide bonds. The molecular weight excluding hydrogens is 621 g/mol. The van der Waals surface area contributed by atoms with Gasteiger partial charge in [-0.3, -0.25) is 4.99 Å². The normalized spacial score (nSPS) is 12.5. The molecular formula is C47H32N4. The van der Waals surface area contributed by atoms with Crippen molar-refractivity contribution in [1.82, 2.24) is 14.5 Å². The number of pyridine rings is 2. The highest BCUT2D eigenvalue weighted by molar-refractivity contribution is 6.13. The molecule has 0 aliphatic carbocycles. The fourth-order valence-electron chi connectivity index (χ4n) is 7.75. The van der Waals surface area contributed by atoms with Crippen LogP contribution < -0.4 is 0 Å². The summed E-state index contributed by atoms with van der Waals surface area (Å²) in [6.45, 7) is 0.819. The molecule has 1 aliphatic rings. The molecule has 6 aromatic carbocycles. The van der Waals surface area contributed by atoms with E-state index in [0.29, 0.717) is 0 Å². The molecule has 0 atom stereocenters. The molecule has 0 saturated heterocycles. The molecule has 4 heteroatoms. The molecule has 10 rings (SSSR count). The number of para-hydroxylation sites is 1. The first-order chi connectivity index (χ1) is 25.3. The van der Waals surface area contributed by atoms with Crippen molar-refractivity contribution in [1.29, 1.82) is 0 Å². The Morgan fingerprint density at radius 3 is 1.94 bits per heavy atom. The SMILES string of the molecule is C1=NCCc2c1n(-c1cc(-c3ccccc3)cc(-c3cccc(-c4cccc(-c5cc6ccccc6c6ccccc56)n4)n3)c1)c1ccccc21. The van der Waals surface area contributed by atoms with Crippen LogP contribution in [0.2, 0.25) is 0 Å². The highest BCUT2D eigenvalue weighted by Crippen LogP contribution is 2.37. The molecule has 0 spiro atoms. The lowest BCUT2D eigenvalue weighted by molar-refractivity contribution is 0.940. The molecule has 0 saturated carbocycles. The fourth-order valence-corrected chi connectivity index (χ4v) is 7.75. The van der Waals surface area contributed by atoms with Gasteiger partial charge in [0.15, 0.2) is 0 Å². The molecule has 9 aromatic rings. The van der Waals surface area contributed by atoms with Crippen LogP contribution in [0, 0.1) is 0 Å². The Morgan fingerprint density at radius 1 is 0.451 bits per heavy atom. The average molecular weight is 653 g/mol. The van der Waals surface area contributed by atoms with E-state index in [0.717, 1.165) is 69.4 Å². The second kappa shape index (κ2) is 12.0. The molecule has 4 heterocycles. The van der Waals surface area contributed by atoms with E-state index in [2.05, 4.69) is 168 Å². The lowest BCUT2D eigenvalue weighted by Gasteiger charge is -2.16. The third kappa shape index (κ3) is 5.03. The minimum atomic E-state index is 0.819. The van der Waals surface area contributed by atoms with Gasteiger partial charge in [0, 0.05) is 35.0 Å². The molecule has 3 aromatic heterocycles. The van der Waals surface area contributed by atoms with Gasteiger partial charge in [-0.05, 0) is 99.3 Å². The smallest absolute Gasteiger partial charge is 0.0893 e. The molecule has 4 nitrogen and oxygen atoms in total. The summed E-state index contributed by atoms with van der Waals surface area (Å²) in [4.78, 5) is 15.2. The van der Waals surface area contributed by atoms with Crippen LogP contribution in [0.4, 0.5) is 0 Å². The average Bonchev–Trinajstić information content (AvgIpc) is 3.55. The van der Waals surface area contributed by atoms with Crippen LogP contribution in [0.5, 0.6) is 0 Å². The number of benzene rings is 6.